The number of aliphatic hydroxyl groups excluding tert-OH is 1. The Balaban J connectivity index is 1.85. The molecule has 1 aliphatic rings. The molecule has 1 fully saturated rings. The smallest absolute Gasteiger partial charge is 0.315 e. The first-order valence-corrected chi connectivity index (χ1v) is 6.55. The molecule has 1 aromatic rings. The second-order valence-electron chi connectivity index (χ2n) is 5.44. The van der Waals surface area contributed by atoms with Gasteiger partial charge in [0.05, 0.1) is 18.3 Å². The first kappa shape index (κ1) is 13.9. The monoisotopic (exact) mass is 267 g/mol. The van der Waals surface area contributed by atoms with E-state index in [0.29, 0.717) is 6.54 Å². The average Bonchev–Trinajstić information content (AvgIpc) is 3.07. The number of carbonyl (C=O) groups is 1. The van der Waals surface area contributed by atoms with Crippen molar-refractivity contribution < 1.29 is 14.4 Å². The molecule has 1 atom stereocenters. The Bertz CT molecular complexity index is 446. The minimum absolute atomic E-state index is 0.0798. The summed E-state index contributed by atoms with van der Waals surface area (Å²) in [6.07, 6.45) is 1.95. The predicted molar refractivity (Wildman–Crippen MR) is 69.7 cm³/mol. The van der Waals surface area contributed by atoms with Crippen molar-refractivity contribution in [3.05, 3.63) is 17.0 Å². The van der Waals surface area contributed by atoms with Crippen molar-refractivity contribution in [1.29, 1.82) is 0 Å². The predicted octanol–water partition coefficient (Wildman–Crippen LogP) is 1.42. The van der Waals surface area contributed by atoms with Gasteiger partial charge in [-0.1, -0.05) is 5.16 Å². The highest BCUT2D eigenvalue weighted by atomic mass is 16.5. The molecule has 1 aromatic heterocycles. The molecule has 0 aromatic carbocycles. The van der Waals surface area contributed by atoms with Crippen molar-refractivity contribution in [2.75, 3.05) is 13.2 Å². The summed E-state index contributed by atoms with van der Waals surface area (Å²) in [6, 6.07) is -0.386. The molecule has 2 rings (SSSR count). The number of nitrogens with one attached hydrogen (secondary N) is 2. The minimum atomic E-state index is -0.229. The van der Waals surface area contributed by atoms with Crippen LogP contribution in [0.4, 0.5) is 4.79 Å². The third-order valence-corrected chi connectivity index (χ3v) is 3.79. The van der Waals surface area contributed by atoms with E-state index in [2.05, 4.69) is 15.8 Å². The quantitative estimate of drug-likeness (QED) is 0.753. The molecule has 0 saturated heterocycles. The van der Waals surface area contributed by atoms with Gasteiger partial charge in [0.25, 0.3) is 0 Å². The number of carbonyl (C=O) groups excluding carboxylic acids is 1. The van der Waals surface area contributed by atoms with Crippen molar-refractivity contribution in [2.45, 2.75) is 39.7 Å². The van der Waals surface area contributed by atoms with E-state index >= 15 is 0 Å². The molecule has 0 spiro atoms. The van der Waals surface area contributed by atoms with E-state index in [0.717, 1.165) is 29.9 Å². The number of aromatic nitrogens is 1. The zero-order valence-electron chi connectivity index (χ0n) is 11.6. The maximum atomic E-state index is 11.8. The van der Waals surface area contributed by atoms with E-state index in [1.54, 1.807) is 0 Å². The Morgan fingerprint density at radius 2 is 2.21 bits per heavy atom. The van der Waals surface area contributed by atoms with Crippen LogP contribution in [0.2, 0.25) is 0 Å². The van der Waals surface area contributed by atoms with Crippen LogP contribution in [0, 0.1) is 19.3 Å². The maximum Gasteiger partial charge on any atom is 0.315 e. The molecule has 6 heteroatoms. The number of rotatable bonds is 5. The van der Waals surface area contributed by atoms with Gasteiger partial charge < -0.3 is 20.3 Å². The number of aryl methyl sites for hydroxylation is 2. The van der Waals surface area contributed by atoms with Crippen molar-refractivity contribution in [2.24, 2.45) is 5.41 Å². The highest BCUT2D eigenvalue weighted by Gasteiger charge is 2.42. The zero-order chi connectivity index (χ0) is 14.0. The van der Waals surface area contributed by atoms with Crippen molar-refractivity contribution >= 4 is 6.03 Å². The minimum Gasteiger partial charge on any atom is -0.396 e. The molecular weight excluding hydrogens is 246 g/mol. The van der Waals surface area contributed by atoms with Crippen molar-refractivity contribution in [3.8, 4) is 0 Å². The van der Waals surface area contributed by atoms with Gasteiger partial charge >= 0.3 is 6.03 Å². The van der Waals surface area contributed by atoms with Gasteiger partial charge in [-0.25, -0.2) is 4.79 Å². The van der Waals surface area contributed by atoms with Crippen LogP contribution in [-0.4, -0.2) is 29.4 Å². The molecular formula is C13H21N3O3. The lowest BCUT2D eigenvalue weighted by molar-refractivity contribution is 0.202. The fourth-order valence-corrected chi connectivity index (χ4v) is 2.26. The summed E-state index contributed by atoms with van der Waals surface area (Å²) in [6.45, 7) is 6.23. The summed E-state index contributed by atoms with van der Waals surface area (Å²) < 4.78 is 5.08. The molecule has 1 saturated carbocycles. The van der Waals surface area contributed by atoms with E-state index in [1.165, 1.54) is 0 Å². The number of amides is 2. The number of hydrogen-bond donors (Lipinski definition) is 3. The Hall–Kier alpha value is -1.56. The molecule has 106 valence electrons. The van der Waals surface area contributed by atoms with Gasteiger partial charge in [-0.05, 0) is 33.6 Å². The first-order valence-electron chi connectivity index (χ1n) is 6.55. The van der Waals surface area contributed by atoms with Crippen LogP contribution < -0.4 is 10.6 Å². The SMILES string of the molecule is Cc1noc(C)c1C(C)NC(=O)NCC1(CO)CC1. The fourth-order valence-electron chi connectivity index (χ4n) is 2.26. The van der Waals surface area contributed by atoms with Crippen LogP contribution in [0.15, 0.2) is 4.52 Å². The van der Waals surface area contributed by atoms with Crippen LogP contribution in [0.3, 0.4) is 0 Å². The molecule has 6 nitrogen and oxygen atoms in total. The molecule has 0 radical (unpaired) electrons. The lowest BCUT2D eigenvalue weighted by Gasteiger charge is -2.17. The van der Waals surface area contributed by atoms with Gasteiger partial charge in [0.15, 0.2) is 0 Å². The Morgan fingerprint density at radius 3 is 2.68 bits per heavy atom. The molecule has 1 unspecified atom stereocenters. The van der Waals surface area contributed by atoms with Gasteiger partial charge in [-0.15, -0.1) is 0 Å². The second-order valence-corrected chi connectivity index (χ2v) is 5.44. The van der Waals surface area contributed by atoms with Gasteiger partial charge in [0.2, 0.25) is 0 Å². The summed E-state index contributed by atoms with van der Waals surface area (Å²) in [5.41, 5.74) is 1.63. The standard InChI is InChI=1S/C13H21N3O3/c1-8(11-9(2)16-19-10(11)3)15-12(18)14-6-13(7-17)4-5-13/h8,17H,4-7H2,1-3H3,(H2,14,15,18). The van der Waals surface area contributed by atoms with E-state index in [4.69, 9.17) is 4.52 Å². The molecule has 1 heterocycles. The normalized spacial score (nSPS) is 17.9. The fraction of sp³-hybridized carbons (Fsp3) is 0.692. The van der Waals surface area contributed by atoms with E-state index in [9.17, 15) is 9.90 Å². The topological polar surface area (TPSA) is 87.4 Å². The van der Waals surface area contributed by atoms with Gasteiger partial charge in [0, 0.05) is 17.5 Å². The molecule has 19 heavy (non-hydrogen) atoms. The van der Waals surface area contributed by atoms with Crippen LogP contribution >= 0.6 is 0 Å². The second kappa shape index (κ2) is 5.21. The third kappa shape index (κ3) is 3.07. The van der Waals surface area contributed by atoms with E-state index < -0.39 is 0 Å². The van der Waals surface area contributed by atoms with E-state index in [-0.39, 0.29) is 24.1 Å². The van der Waals surface area contributed by atoms with Gasteiger partial charge in [0.1, 0.15) is 5.76 Å². The Kier molecular flexibility index (Phi) is 3.80. The number of aliphatic hydroxyl groups is 1. The maximum absolute atomic E-state index is 11.8. The number of urea groups is 1. The summed E-state index contributed by atoms with van der Waals surface area (Å²) in [5.74, 6) is 0.722. The zero-order valence-corrected chi connectivity index (χ0v) is 11.6. The van der Waals surface area contributed by atoms with Crippen molar-refractivity contribution in [3.63, 3.8) is 0 Å². The summed E-state index contributed by atoms with van der Waals surface area (Å²) in [4.78, 5) is 11.8. The largest absolute Gasteiger partial charge is 0.396 e. The number of hydrogen-bond acceptors (Lipinski definition) is 4. The molecule has 2 amide bonds. The Morgan fingerprint density at radius 1 is 1.53 bits per heavy atom. The molecule has 1 aliphatic carbocycles. The average molecular weight is 267 g/mol. The third-order valence-electron chi connectivity index (χ3n) is 3.79. The Labute approximate surface area is 112 Å². The van der Waals surface area contributed by atoms with Gasteiger partial charge in [-0.3, -0.25) is 0 Å². The molecule has 0 aliphatic heterocycles. The summed E-state index contributed by atoms with van der Waals surface area (Å²) >= 11 is 0. The van der Waals surface area contributed by atoms with Crippen LogP contribution in [-0.2, 0) is 0 Å². The summed E-state index contributed by atoms with van der Waals surface area (Å²) in [5, 5.41) is 18.7. The lowest BCUT2D eigenvalue weighted by Crippen LogP contribution is -2.40. The highest BCUT2D eigenvalue weighted by molar-refractivity contribution is 5.74. The number of nitrogens with zero attached hydrogens (tertiary/aromatic N) is 1. The van der Waals surface area contributed by atoms with Crippen LogP contribution in [0.1, 0.15) is 42.8 Å². The van der Waals surface area contributed by atoms with Gasteiger partial charge in [-0.2, -0.15) is 0 Å². The highest BCUT2D eigenvalue weighted by Crippen LogP contribution is 2.44. The van der Waals surface area contributed by atoms with Crippen LogP contribution in [0.25, 0.3) is 0 Å². The first-order chi connectivity index (χ1) is 8.97. The molecule has 0 bridgehead atoms. The van der Waals surface area contributed by atoms with E-state index in [1.807, 2.05) is 20.8 Å². The van der Waals surface area contributed by atoms with Crippen LogP contribution in [0.5, 0.6) is 0 Å². The molecule has 3 N–H and O–H groups in total. The lowest BCUT2D eigenvalue weighted by atomic mass is 10.1. The summed E-state index contributed by atoms with van der Waals surface area (Å²) in [7, 11) is 0. The van der Waals surface area contributed by atoms with Crippen molar-refractivity contribution in [1.82, 2.24) is 15.8 Å².